The van der Waals surface area contributed by atoms with Gasteiger partial charge in [0.25, 0.3) is 0 Å². The van der Waals surface area contributed by atoms with Crippen LogP contribution in [0, 0.1) is 5.92 Å². The largest absolute Gasteiger partial charge is 0.377 e. The minimum Gasteiger partial charge on any atom is -0.377 e. The van der Waals surface area contributed by atoms with Gasteiger partial charge in [0.15, 0.2) is 0 Å². The van der Waals surface area contributed by atoms with E-state index in [4.69, 9.17) is 4.74 Å². The van der Waals surface area contributed by atoms with Gasteiger partial charge in [0.1, 0.15) is 0 Å². The molecule has 0 aromatic heterocycles. The van der Waals surface area contributed by atoms with Crippen molar-refractivity contribution < 1.29 is 4.74 Å². The molecule has 3 nitrogen and oxygen atoms in total. The Bertz CT molecular complexity index is 202. The van der Waals surface area contributed by atoms with E-state index in [1.54, 1.807) is 0 Å². The van der Waals surface area contributed by atoms with Gasteiger partial charge in [-0.1, -0.05) is 6.92 Å². The van der Waals surface area contributed by atoms with E-state index in [9.17, 15) is 0 Å². The van der Waals surface area contributed by atoms with Crippen LogP contribution in [0.1, 0.15) is 33.1 Å². The van der Waals surface area contributed by atoms with Crippen LogP contribution in [0.5, 0.6) is 0 Å². The fourth-order valence-electron chi connectivity index (χ4n) is 2.82. The smallest absolute Gasteiger partial charge is 0.0700 e. The predicted molar refractivity (Wildman–Crippen MR) is 66.7 cm³/mol. The molecule has 2 unspecified atom stereocenters. The fraction of sp³-hybridized carbons (Fsp3) is 1.00. The summed E-state index contributed by atoms with van der Waals surface area (Å²) in [6.07, 6.45) is 4.33. The molecule has 0 radical (unpaired) electrons. The van der Waals surface area contributed by atoms with E-state index in [1.807, 2.05) is 0 Å². The molecule has 0 bridgehead atoms. The summed E-state index contributed by atoms with van der Waals surface area (Å²) in [6, 6.07) is 0.601. The maximum absolute atomic E-state index is 5.57. The van der Waals surface area contributed by atoms with Gasteiger partial charge in [0.2, 0.25) is 0 Å². The number of nitrogens with zero attached hydrogens (tertiary/aromatic N) is 1. The molecule has 1 N–H and O–H groups in total. The zero-order chi connectivity index (χ0) is 11.4. The molecule has 2 saturated heterocycles. The van der Waals surface area contributed by atoms with Crippen molar-refractivity contribution in [2.75, 3.05) is 32.8 Å². The average molecular weight is 226 g/mol. The summed E-state index contributed by atoms with van der Waals surface area (Å²) in [5.41, 5.74) is 0. The van der Waals surface area contributed by atoms with Gasteiger partial charge in [-0.15, -0.1) is 0 Å². The highest BCUT2D eigenvalue weighted by molar-refractivity contribution is 4.81. The van der Waals surface area contributed by atoms with Gasteiger partial charge in [-0.3, -0.25) is 0 Å². The lowest BCUT2D eigenvalue weighted by Crippen LogP contribution is -2.41. The Hall–Kier alpha value is -0.120. The first-order valence-corrected chi connectivity index (χ1v) is 6.87. The lowest BCUT2D eigenvalue weighted by Gasteiger charge is -2.32. The van der Waals surface area contributed by atoms with Gasteiger partial charge in [-0.05, 0) is 58.3 Å². The number of piperidine rings is 1. The highest BCUT2D eigenvalue weighted by atomic mass is 16.5. The summed E-state index contributed by atoms with van der Waals surface area (Å²) in [5, 5.41) is 3.69. The van der Waals surface area contributed by atoms with Crippen LogP contribution >= 0.6 is 0 Å². The summed E-state index contributed by atoms with van der Waals surface area (Å²) in [7, 11) is 0. The second kappa shape index (κ2) is 5.99. The molecule has 2 heterocycles. The van der Waals surface area contributed by atoms with Crippen LogP contribution < -0.4 is 5.32 Å². The average Bonchev–Trinajstić information content (AvgIpc) is 2.73. The summed E-state index contributed by atoms with van der Waals surface area (Å²) in [4.78, 5) is 2.55. The Labute approximate surface area is 99.5 Å². The predicted octanol–water partition coefficient (Wildman–Crippen LogP) is 1.49. The Morgan fingerprint density at radius 3 is 2.56 bits per heavy atom. The first kappa shape index (κ1) is 12.3. The molecule has 0 spiro atoms. The number of ether oxygens (including phenoxy) is 1. The second-order valence-corrected chi connectivity index (χ2v) is 5.26. The van der Waals surface area contributed by atoms with E-state index in [0.29, 0.717) is 12.1 Å². The van der Waals surface area contributed by atoms with Gasteiger partial charge < -0.3 is 15.0 Å². The number of nitrogens with one attached hydrogen (secondary N) is 1. The topological polar surface area (TPSA) is 24.5 Å². The van der Waals surface area contributed by atoms with E-state index < -0.39 is 0 Å². The maximum atomic E-state index is 5.57. The molecule has 2 atom stereocenters. The molecule has 94 valence electrons. The molecule has 2 aliphatic heterocycles. The van der Waals surface area contributed by atoms with Crippen LogP contribution in [0.4, 0.5) is 0 Å². The third-order valence-electron chi connectivity index (χ3n) is 4.20. The Balaban J connectivity index is 1.63. The molecule has 0 amide bonds. The minimum absolute atomic E-state index is 0.413. The van der Waals surface area contributed by atoms with Crippen LogP contribution in [-0.4, -0.2) is 49.8 Å². The fourth-order valence-corrected chi connectivity index (χ4v) is 2.82. The van der Waals surface area contributed by atoms with E-state index in [0.717, 1.165) is 12.5 Å². The van der Waals surface area contributed by atoms with E-state index in [-0.39, 0.29) is 0 Å². The lowest BCUT2D eigenvalue weighted by molar-refractivity contribution is 0.110. The summed E-state index contributed by atoms with van der Waals surface area (Å²) < 4.78 is 5.57. The quantitative estimate of drug-likeness (QED) is 0.786. The van der Waals surface area contributed by atoms with Crippen molar-refractivity contribution in [1.82, 2.24) is 10.2 Å². The van der Waals surface area contributed by atoms with Gasteiger partial charge in [0.05, 0.1) is 6.10 Å². The Kier molecular flexibility index (Phi) is 4.62. The molecule has 0 saturated carbocycles. The van der Waals surface area contributed by atoms with Crippen LogP contribution in [-0.2, 0) is 4.74 Å². The van der Waals surface area contributed by atoms with Crippen molar-refractivity contribution in [3.05, 3.63) is 0 Å². The van der Waals surface area contributed by atoms with E-state index in [2.05, 4.69) is 24.1 Å². The highest BCUT2D eigenvalue weighted by Crippen LogP contribution is 2.18. The Morgan fingerprint density at radius 1 is 1.25 bits per heavy atom. The lowest BCUT2D eigenvalue weighted by atomic mass is 9.96. The van der Waals surface area contributed by atoms with E-state index >= 15 is 0 Å². The van der Waals surface area contributed by atoms with Crippen molar-refractivity contribution >= 4 is 0 Å². The molecule has 0 aromatic rings. The third kappa shape index (κ3) is 3.19. The van der Waals surface area contributed by atoms with Gasteiger partial charge in [-0.2, -0.15) is 0 Å². The summed E-state index contributed by atoms with van der Waals surface area (Å²) in [5.74, 6) is 0.885. The molecule has 0 aromatic carbocycles. The first-order chi connectivity index (χ1) is 7.79. The summed E-state index contributed by atoms with van der Waals surface area (Å²) >= 11 is 0. The van der Waals surface area contributed by atoms with Crippen LogP contribution in [0.25, 0.3) is 0 Å². The van der Waals surface area contributed by atoms with E-state index in [1.165, 1.54) is 45.4 Å². The molecule has 0 aliphatic carbocycles. The first-order valence-electron chi connectivity index (χ1n) is 6.87. The number of hydrogen-bond acceptors (Lipinski definition) is 3. The molecule has 3 heteroatoms. The zero-order valence-corrected chi connectivity index (χ0v) is 10.7. The number of rotatable bonds is 4. The van der Waals surface area contributed by atoms with Crippen molar-refractivity contribution in [3.8, 4) is 0 Å². The number of likely N-dealkylation sites (tertiary alicyclic amines) is 1. The normalized spacial score (nSPS) is 33.4. The van der Waals surface area contributed by atoms with Gasteiger partial charge in [0, 0.05) is 12.6 Å². The van der Waals surface area contributed by atoms with Crippen LogP contribution in [0.15, 0.2) is 0 Å². The maximum Gasteiger partial charge on any atom is 0.0700 e. The second-order valence-electron chi connectivity index (χ2n) is 5.26. The van der Waals surface area contributed by atoms with Gasteiger partial charge >= 0.3 is 0 Å². The van der Waals surface area contributed by atoms with Crippen LogP contribution in [0.3, 0.4) is 0 Å². The molecular weight excluding hydrogens is 200 g/mol. The Morgan fingerprint density at radius 2 is 2.00 bits per heavy atom. The van der Waals surface area contributed by atoms with Crippen molar-refractivity contribution in [2.45, 2.75) is 45.3 Å². The standard InChI is InChI=1S/C13H26N2O/c1-3-15-7-4-12(5-8-15)10-14-13-6-9-16-11(13)2/h11-14H,3-10H2,1-2H3. The van der Waals surface area contributed by atoms with Crippen molar-refractivity contribution in [3.63, 3.8) is 0 Å². The van der Waals surface area contributed by atoms with Gasteiger partial charge in [-0.25, -0.2) is 0 Å². The molecular formula is C13H26N2O. The summed E-state index contributed by atoms with van der Waals surface area (Å²) in [6.45, 7) is 10.4. The molecule has 2 aliphatic rings. The van der Waals surface area contributed by atoms with Crippen LogP contribution in [0.2, 0.25) is 0 Å². The zero-order valence-electron chi connectivity index (χ0n) is 10.7. The monoisotopic (exact) mass is 226 g/mol. The van der Waals surface area contributed by atoms with Crippen molar-refractivity contribution in [1.29, 1.82) is 0 Å². The molecule has 2 rings (SSSR count). The minimum atomic E-state index is 0.413. The molecule has 2 fully saturated rings. The highest BCUT2D eigenvalue weighted by Gasteiger charge is 2.25. The molecule has 16 heavy (non-hydrogen) atoms. The number of hydrogen-bond donors (Lipinski definition) is 1. The SMILES string of the molecule is CCN1CCC(CNC2CCOC2C)CC1. The third-order valence-corrected chi connectivity index (χ3v) is 4.20. The van der Waals surface area contributed by atoms with Crippen molar-refractivity contribution in [2.24, 2.45) is 5.92 Å².